The first kappa shape index (κ1) is 21.5. The molecule has 2 N–H and O–H groups in total. The van der Waals surface area contributed by atoms with Crippen molar-refractivity contribution in [2.24, 2.45) is 0 Å². The third-order valence-electron chi connectivity index (χ3n) is 4.13. The molecule has 0 aliphatic carbocycles. The molecular weight excluding hydrogens is 419 g/mol. The third-order valence-corrected chi connectivity index (χ3v) is 5.67. The summed E-state index contributed by atoms with van der Waals surface area (Å²) in [5.74, 6) is -4.31. The Kier molecular flexibility index (Phi) is 6.18. The highest BCUT2D eigenvalue weighted by Gasteiger charge is 2.22. The first-order chi connectivity index (χ1) is 14.2. The molecular formula is C20H16F3N3O3S. The number of benzene rings is 2. The first-order valence-corrected chi connectivity index (χ1v) is 10.1. The zero-order valence-electron chi connectivity index (χ0n) is 15.6. The van der Waals surface area contributed by atoms with Crippen LogP contribution in [0, 0.1) is 17.5 Å². The molecule has 30 heavy (non-hydrogen) atoms. The third kappa shape index (κ3) is 4.84. The Balaban J connectivity index is 1.84. The van der Waals surface area contributed by atoms with Gasteiger partial charge in [-0.2, -0.15) is 0 Å². The van der Waals surface area contributed by atoms with Crippen molar-refractivity contribution in [1.29, 1.82) is 0 Å². The van der Waals surface area contributed by atoms with Gasteiger partial charge in [0, 0.05) is 18.0 Å². The average molecular weight is 435 g/mol. The van der Waals surface area contributed by atoms with Crippen LogP contribution in [0.15, 0.2) is 65.7 Å². The number of pyridine rings is 1. The van der Waals surface area contributed by atoms with E-state index in [1.54, 1.807) is 25.1 Å². The van der Waals surface area contributed by atoms with Gasteiger partial charge in [-0.15, -0.1) is 0 Å². The van der Waals surface area contributed by atoms with Crippen molar-refractivity contribution in [1.82, 2.24) is 9.71 Å². The summed E-state index contributed by atoms with van der Waals surface area (Å²) in [5.41, 5.74) is -0.221. The van der Waals surface area contributed by atoms with Crippen molar-refractivity contribution < 1.29 is 26.4 Å². The summed E-state index contributed by atoms with van der Waals surface area (Å²) in [6.45, 7) is 1.58. The predicted octanol–water partition coefficient (Wildman–Crippen LogP) is 3.79. The number of halogens is 3. The van der Waals surface area contributed by atoms with Crippen LogP contribution in [-0.2, 0) is 10.0 Å². The van der Waals surface area contributed by atoms with Crippen LogP contribution < -0.4 is 10.0 Å². The minimum absolute atomic E-state index is 0.117. The molecule has 3 aromatic rings. The molecule has 156 valence electrons. The van der Waals surface area contributed by atoms with Crippen LogP contribution in [0.5, 0.6) is 0 Å². The van der Waals surface area contributed by atoms with Crippen LogP contribution in [0.25, 0.3) is 0 Å². The van der Waals surface area contributed by atoms with E-state index in [1.807, 2.05) is 0 Å². The number of amides is 1. The second-order valence-electron chi connectivity index (χ2n) is 6.32. The van der Waals surface area contributed by atoms with E-state index < -0.39 is 45.0 Å². The van der Waals surface area contributed by atoms with Crippen LogP contribution in [0.1, 0.15) is 29.0 Å². The molecule has 1 heterocycles. The molecule has 6 nitrogen and oxygen atoms in total. The van der Waals surface area contributed by atoms with E-state index in [4.69, 9.17) is 0 Å². The van der Waals surface area contributed by atoms with Crippen LogP contribution in [0.3, 0.4) is 0 Å². The van der Waals surface area contributed by atoms with E-state index in [-0.39, 0.29) is 10.6 Å². The predicted molar refractivity (Wildman–Crippen MR) is 104 cm³/mol. The summed E-state index contributed by atoms with van der Waals surface area (Å²) in [6, 6.07) is 9.65. The number of nitrogens with one attached hydrogen (secondary N) is 2. The average Bonchev–Trinajstić information content (AvgIpc) is 2.71. The molecule has 10 heteroatoms. The van der Waals surface area contributed by atoms with Gasteiger partial charge in [0.15, 0.2) is 11.6 Å². The quantitative estimate of drug-likeness (QED) is 0.617. The monoisotopic (exact) mass is 435 g/mol. The number of carbonyl (C=O) groups is 1. The maximum absolute atomic E-state index is 14.2. The Bertz CT molecular complexity index is 1190. The zero-order chi connectivity index (χ0) is 21.9. The van der Waals surface area contributed by atoms with Gasteiger partial charge in [0.05, 0.1) is 22.2 Å². The lowest BCUT2D eigenvalue weighted by molar-refractivity contribution is 0.102. The second-order valence-corrected chi connectivity index (χ2v) is 8.04. The molecule has 1 amide bonds. The number of carbonyl (C=O) groups excluding carboxylic acids is 1. The van der Waals surface area contributed by atoms with Crippen molar-refractivity contribution in [2.75, 3.05) is 5.32 Å². The molecule has 0 fully saturated rings. The number of anilines is 1. The van der Waals surface area contributed by atoms with Gasteiger partial charge in [0.25, 0.3) is 5.91 Å². The van der Waals surface area contributed by atoms with E-state index >= 15 is 0 Å². The van der Waals surface area contributed by atoms with Gasteiger partial charge < -0.3 is 5.32 Å². The van der Waals surface area contributed by atoms with Crippen molar-refractivity contribution in [2.45, 2.75) is 17.9 Å². The number of rotatable bonds is 6. The van der Waals surface area contributed by atoms with Crippen LogP contribution in [0.4, 0.5) is 18.9 Å². The normalized spacial score (nSPS) is 12.4. The van der Waals surface area contributed by atoms with Gasteiger partial charge in [0.2, 0.25) is 10.0 Å². The summed E-state index contributed by atoms with van der Waals surface area (Å²) in [5, 5.41) is 2.20. The highest BCUT2D eigenvalue weighted by Crippen LogP contribution is 2.20. The standard InChI is InChI=1S/C20H16F3N3O3S/c1-12(19-4-2-3-9-24-19)26-30(28,29)14-6-8-16(21)15(11-14)20(27)25-13-5-7-17(22)18(23)10-13/h2-12,26H,1H3,(H,25,27). The van der Waals surface area contributed by atoms with E-state index in [0.717, 1.165) is 36.4 Å². The smallest absolute Gasteiger partial charge is 0.258 e. The Labute approximate surface area is 170 Å². The van der Waals surface area contributed by atoms with Crippen LogP contribution in [-0.4, -0.2) is 19.3 Å². The SMILES string of the molecule is CC(NS(=O)(=O)c1ccc(F)c(C(=O)Nc2ccc(F)c(F)c2)c1)c1ccccn1. The van der Waals surface area contributed by atoms with Gasteiger partial charge >= 0.3 is 0 Å². The fourth-order valence-corrected chi connectivity index (χ4v) is 3.85. The molecule has 0 aliphatic heterocycles. The number of hydrogen-bond acceptors (Lipinski definition) is 4. The van der Waals surface area contributed by atoms with Crippen molar-refractivity contribution in [3.05, 3.63) is 89.5 Å². The Morgan fingerprint density at radius 1 is 0.967 bits per heavy atom. The van der Waals surface area contributed by atoms with Gasteiger partial charge in [-0.3, -0.25) is 9.78 Å². The largest absolute Gasteiger partial charge is 0.322 e. The molecule has 0 radical (unpaired) electrons. The number of aromatic nitrogens is 1. The highest BCUT2D eigenvalue weighted by molar-refractivity contribution is 7.89. The Morgan fingerprint density at radius 2 is 1.70 bits per heavy atom. The van der Waals surface area contributed by atoms with Crippen molar-refractivity contribution >= 4 is 21.6 Å². The maximum Gasteiger partial charge on any atom is 0.258 e. The molecule has 3 rings (SSSR count). The minimum atomic E-state index is -4.11. The van der Waals surface area contributed by atoms with Gasteiger partial charge in [-0.05, 0) is 49.4 Å². The van der Waals surface area contributed by atoms with Crippen molar-refractivity contribution in [3.8, 4) is 0 Å². The van der Waals surface area contributed by atoms with Gasteiger partial charge in [0.1, 0.15) is 5.82 Å². The Morgan fingerprint density at radius 3 is 2.37 bits per heavy atom. The fraction of sp³-hybridized carbons (Fsp3) is 0.100. The molecule has 1 atom stereocenters. The first-order valence-electron chi connectivity index (χ1n) is 8.66. The number of hydrogen-bond donors (Lipinski definition) is 2. The molecule has 1 aromatic heterocycles. The summed E-state index contributed by atoms with van der Waals surface area (Å²) in [6.07, 6.45) is 1.51. The van der Waals surface area contributed by atoms with E-state index in [9.17, 15) is 26.4 Å². The molecule has 0 aliphatic rings. The van der Waals surface area contributed by atoms with Crippen LogP contribution >= 0.6 is 0 Å². The second kappa shape index (κ2) is 8.64. The van der Waals surface area contributed by atoms with Gasteiger partial charge in [-0.25, -0.2) is 26.3 Å². The molecule has 1 unspecified atom stereocenters. The molecule has 0 spiro atoms. The molecule has 0 saturated heterocycles. The zero-order valence-corrected chi connectivity index (χ0v) is 16.4. The number of sulfonamides is 1. The summed E-state index contributed by atoms with van der Waals surface area (Å²) in [7, 11) is -4.11. The lowest BCUT2D eigenvalue weighted by Crippen LogP contribution is -2.28. The summed E-state index contributed by atoms with van der Waals surface area (Å²) >= 11 is 0. The van der Waals surface area contributed by atoms with E-state index in [0.29, 0.717) is 5.69 Å². The summed E-state index contributed by atoms with van der Waals surface area (Å²) in [4.78, 5) is 16.1. The van der Waals surface area contributed by atoms with E-state index in [1.165, 1.54) is 6.20 Å². The summed E-state index contributed by atoms with van der Waals surface area (Å²) < 4.78 is 68.2. The lowest BCUT2D eigenvalue weighted by Gasteiger charge is -2.14. The maximum atomic E-state index is 14.2. The van der Waals surface area contributed by atoms with Gasteiger partial charge in [-0.1, -0.05) is 6.07 Å². The van der Waals surface area contributed by atoms with E-state index in [2.05, 4.69) is 15.0 Å². The molecule has 0 bridgehead atoms. The fourth-order valence-electron chi connectivity index (χ4n) is 2.61. The molecule has 2 aromatic carbocycles. The lowest BCUT2D eigenvalue weighted by atomic mass is 10.2. The number of nitrogens with zero attached hydrogens (tertiary/aromatic N) is 1. The highest BCUT2D eigenvalue weighted by atomic mass is 32.2. The van der Waals surface area contributed by atoms with Crippen molar-refractivity contribution in [3.63, 3.8) is 0 Å². The topological polar surface area (TPSA) is 88.2 Å². The molecule has 0 saturated carbocycles. The Hall–Kier alpha value is -3.24. The minimum Gasteiger partial charge on any atom is -0.322 e. The van der Waals surface area contributed by atoms with Crippen LogP contribution in [0.2, 0.25) is 0 Å².